The Labute approximate surface area is 186 Å². The van der Waals surface area contributed by atoms with Crippen molar-refractivity contribution in [1.82, 2.24) is 18.7 Å². The van der Waals surface area contributed by atoms with Gasteiger partial charge in [0.15, 0.2) is 22.8 Å². The number of halogens is 3. The molecule has 0 spiro atoms. The van der Waals surface area contributed by atoms with Crippen LogP contribution in [0, 0.1) is 11.6 Å². The molecule has 0 amide bonds. The molecule has 6 nitrogen and oxygen atoms in total. The van der Waals surface area contributed by atoms with Gasteiger partial charge >= 0.3 is 5.69 Å². The third kappa shape index (κ3) is 3.35. The molecule has 0 unspecified atom stereocenters. The zero-order chi connectivity index (χ0) is 22.4. The summed E-state index contributed by atoms with van der Waals surface area (Å²) < 4.78 is 31.3. The van der Waals surface area contributed by atoms with Crippen LogP contribution in [0.3, 0.4) is 0 Å². The fraction of sp³-hybridized carbons (Fsp3) is 0.261. The van der Waals surface area contributed by atoms with Gasteiger partial charge in [-0.05, 0) is 42.7 Å². The molecule has 0 aliphatic heterocycles. The summed E-state index contributed by atoms with van der Waals surface area (Å²) in [5, 5.41) is 0.350. The molecule has 5 rings (SSSR count). The zero-order valence-electron chi connectivity index (χ0n) is 17.0. The third-order valence-corrected chi connectivity index (χ3v) is 6.29. The van der Waals surface area contributed by atoms with Gasteiger partial charge in [0, 0.05) is 12.6 Å². The number of benzene rings is 2. The van der Waals surface area contributed by atoms with Gasteiger partial charge in [-0.25, -0.2) is 23.1 Å². The highest BCUT2D eigenvalue weighted by Crippen LogP contribution is 2.28. The Bertz CT molecular complexity index is 1450. The van der Waals surface area contributed by atoms with Crippen LogP contribution in [0.5, 0.6) is 0 Å². The van der Waals surface area contributed by atoms with Crippen LogP contribution in [0.2, 0.25) is 5.02 Å². The van der Waals surface area contributed by atoms with Gasteiger partial charge in [0.05, 0.1) is 17.0 Å². The van der Waals surface area contributed by atoms with Gasteiger partial charge in [-0.3, -0.25) is 9.36 Å². The highest BCUT2D eigenvalue weighted by Gasteiger charge is 2.26. The highest BCUT2D eigenvalue weighted by molar-refractivity contribution is 6.32. The average Bonchev–Trinajstić information content (AvgIpc) is 3.43. The maximum atomic E-state index is 13.7. The average molecular weight is 457 g/mol. The minimum absolute atomic E-state index is 0.0916. The number of aromatic nitrogens is 4. The lowest BCUT2D eigenvalue weighted by molar-refractivity contribution is 0.474. The molecule has 32 heavy (non-hydrogen) atoms. The highest BCUT2D eigenvalue weighted by atomic mass is 35.5. The predicted octanol–water partition coefficient (Wildman–Crippen LogP) is 4.44. The second-order valence-corrected chi connectivity index (χ2v) is 8.38. The van der Waals surface area contributed by atoms with Gasteiger partial charge in [-0.1, -0.05) is 42.6 Å². The molecule has 1 fully saturated rings. The Morgan fingerprint density at radius 3 is 2.50 bits per heavy atom. The molecular formula is C23H19ClF2N4O2. The van der Waals surface area contributed by atoms with Gasteiger partial charge in [0.2, 0.25) is 0 Å². The second kappa shape index (κ2) is 8.02. The maximum Gasteiger partial charge on any atom is 0.337 e. The molecule has 4 aromatic rings. The van der Waals surface area contributed by atoms with E-state index in [1.165, 1.54) is 21.5 Å². The van der Waals surface area contributed by atoms with Crippen molar-refractivity contribution in [1.29, 1.82) is 0 Å². The van der Waals surface area contributed by atoms with Crippen LogP contribution in [0.15, 0.2) is 58.4 Å². The van der Waals surface area contributed by atoms with Crippen molar-refractivity contribution in [3.8, 4) is 5.69 Å². The van der Waals surface area contributed by atoms with E-state index in [0.29, 0.717) is 16.3 Å². The van der Waals surface area contributed by atoms with Crippen molar-refractivity contribution < 1.29 is 8.78 Å². The van der Waals surface area contributed by atoms with E-state index in [-0.39, 0.29) is 23.8 Å². The Balaban J connectivity index is 1.78. The lowest BCUT2D eigenvalue weighted by Crippen LogP contribution is -2.42. The summed E-state index contributed by atoms with van der Waals surface area (Å²) in [6.07, 6.45) is 4.78. The summed E-state index contributed by atoms with van der Waals surface area (Å²) in [4.78, 5) is 31.4. The second-order valence-electron chi connectivity index (χ2n) is 7.98. The van der Waals surface area contributed by atoms with E-state index in [9.17, 15) is 18.4 Å². The first-order chi connectivity index (χ1) is 15.5. The van der Waals surface area contributed by atoms with Crippen LogP contribution < -0.4 is 11.2 Å². The maximum absolute atomic E-state index is 13.7. The van der Waals surface area contributed by atoms with E-state index in [4.69, 9.17) is 11.6 Å². The van der Waals surface area contributed by atoms with Gasteiger partial charge in [0.25, 0.3) is 5.56 Å². The molecule has 1 saturated carbocycles. The van der Waals surface area contributed by atoms with Crippen molar-refractivity contribution in [3.63, 3.8) is 0 Å². The van der Waals surface area contributed by atoms with E-state index in [0.717, 1.165) is 37.8 Å². The van der Waals surface area contributed by atoms with E-state index < -0.39 is 22.9 Å². The van der Waals surface area contributed by atoms with Crippen LogP contribution in [-0.4, -0.2) is 18.7 Å². The Morgan fingerprint density at radius 1 is 1.03 bits per heavy atom. The molecule has 9 heteroatoms. The zero-order valence-corrected chi connectivity index (χ0v) is 17.7. The minimum Gasteiger partial charge on any atom is -0.320 e. The minimum atomic E-state index is -0.969. The molecule has 0 saturated heterocycles. The molecule has 1 aliphatic carbocycles. The first-order valence-electron chi connectivity index (χ1n) is 10.4. The summed E-state index contributed by atoms with van der Waals surface area (Å²) in [7, 11) is 0. The van der Waals surface area contributed by atoms with Crippen LogP contribution in [0.4, 0.5) is 8.78 Å². The van der Waals surface area contributed by atoms with Crippen molar-refractivity contribution in [2.45, 2.75) is 38.3 Å². The lowest BCUT2D eigenvalue weighted by atomic mass is 10.2. The number of rotatable bonds is 4. The molecule has 2 aromatic heterocycles. The molecule has 0 radical (unpaired) electrons. The molecule has 0 N–H and O–H groups in total. The van der Waals surface area contributed by atoms with Crippen LogP contribution in [0.1, 0.15) is 37.3 Å². The van der Waals surface area contributed by atoms with E-state index in [1.54, 1.807) is 28.8 Å². The monoisotopic (exact) mass is 456 g/mol. The van der Waals surface area contributed by atoms with Gasteiger partial charge < -0.3 is 4.57 Å². The molecule has 0 atom stereocenters. The number of hydrogen-bond acceptors (Lipinski definition) is 3. The van der Waals surface area contributed by atoms with Crippen molar-refractivity contribution >= 4 is 22.8 Å². The topological polar surface area (TPSA) is 61.8 Å². The molecule has 2 aromatic carbocycles. The van der Waals surface area contributed by atoms with E-state index in [2.05, 4.69) is 4.98 Å². The molecule has 2 heterocycles. The lowest BCUT2D eigenvalue weighted by Gasteiger charge is -2.17. The predicted molar refractivity (Wildman–Crippen MR) is 118 cm³/mol. The molecule has 164 valence electrons. The fourth-order valence-corrected chi connectivity index (χ4v) is 4.66. The van der Waals surface area contributed by atoms with E-state index >= 15 is 0 Å². The summed E-state index contributed by atoms with van der Waals surface area (Å²) in [5.74, 6) is -1.91. The number of imidazole rings is 1. The van der Waals surface area contributed by atoms with Crippen molar-refractivity contribution in [2.24, 2.45) is 0 Å². The van der Waals surface area contributed by atoms with Crippen molar-refractivity contribution in [3.05, 3.63) is 91.9 Å². The summed E-state index contributed by atoms with van der Waals surface area (Å²) >= 11 is 6.39. The summed E-state index contributed by atoms with van der Waals surface area (Å²) in [5.41, 5.74) is 0.339. The van der Waals surface area contributed by atoms with Gasteiger partial charge in [-0.15, -0.1) is 0 Å². The first kappa shape index (κ1) is 20.6. The Kier molecular flexibility index (Phi) is 5.17. The number of para-hydroxylation sites is 1. The van der Waals surface area contributed by atoms with E-state index in [1.807, 2.05) is 0 Å². The van der Waals surface area contributed by atoms with Crippen LogP contribution in [0.25, 0.3) is 16.9 Å². The Hall–Kier alpha value is -3.26. The van der Waals surface area contributed by atoms with Gasteiger partial charge in [-0.2, -0.15) is 0 Å². The van der Waals surface area contributed by atoms with Gasteiger partial charge in [0.1, 0.15) is 0 Å². The fourth-order valence-electron chi connectivity index (χ4n) is 4.44. The van der Waals surface area contributed by atoms with Crippen molar-refractivity contribution in [2.75, 3.05) is 0 Å². The largest absolute Gasteiger partial charge is 0.337 e. The number of fused-ring (bicyclic) bond motifs is 1. The van der Waals surface area contributed by atoms with Crippen LogP contribution >= 0.6 is 11.6 Å². The smallest absolute Gasteiger partial charge is 0.320 e. The van der Waals surface area contributed by atoms with Crippen LogP contribution in [-0.2, 0) is 6.54 Å². The molecule has 1 aliphatic rings. The number of hydrogen-bond donors (Lipinski definition) is 0. The molecular weight excluding hydrogens is 438 g/mol. The summed E-state index contributed by atoms with van der Waals surface area (Å²) in [6, 6.07) is 10.2. The first-order valence-corrected chi connectivity index (χ1v) is 10.7. The third-order valence-electron chi connectivity index (χ3n) is 5.97. The Morgan fingerprint density at radius 2 is 1.78 bits per heavy atom. The molecule has 0 bridgehead atoms. The quantitative estimate of drug-likeness (QED) is 0.456. The number of nitrogens with zero attached hydrogens (tertiary/aromatic N) is 4. The standard InChI is InChI=1S/C23H19ClF2N4O2/c24-16-7-3-4-8-19(16)30-21-20(22(31)29(23(30)32)15-5-1-2-6-15)28(13-27-21)12-14-9-10-17(25)18(26)11-14/h3-4,7-11,13,15H,1-2,5-6,12H2. The summed E-state index contributed by atoms with van der Waals surface area (Å²) in [6.45, 7) is 0.0916. The SMILES string of the molecule is O=c1c2c(ncn2Cc2ccc(F)c(F)c2)n(-c2ccccc2Cl)c(=O)n1C1CCCC1. The normalized spacial score (nSPS) is 14.5.